The fraction of sp³-hybridized carbons (Fsp3) is 0.333. The summed E-state index contributed by atoms with van der Waals surface area (Å²) < 4.78 is 9.06. The van der Waals surface area contributed by atoms with E-state index in [0.717, 1.165) is 17.0 Å². The average molecular weight is 354 g/mol. The average Bonchev–Trinajstić information content (AvgIpc) is 3.21. The zero-order valence-electron chi connectivity index (χ0n) is 15.1. The van der Waals surface area contributed by atoms with Crippen LogP contribution in [-0.4, -0.2) is 37.6 Å². The Labute approximate surface area is 151 Å². The second kappa shape index (κ2) is 7.38. The van der Waals surface area contributed by atoms with Crippen LogP contribution in [0.15, 0.2) is 36.5 Å². The van der Waals surface area contributed by atoms with Gasteiger partial charge in [0.25, 0.3) is 0 Å². The number of rotatable bonds is 7. The lowest BCUT2D eigenvalue weighted by Gasteiger charge is -2.12. The standard InChI is InChI=1S/C18H22N6O2/c1-12(2)24-14(8-9-20-24)18-21-17(10-16(19)25)22-23(18)11-13-6-4-5-7-15(13)26-3/h4-9,12H,10-11H2,1-3H3,(H2,19,25). The number of aromatic nitrogens is 5. The maximum atomic E-state index is 11.3. The number of nitrogens with two attached hydrogens (primary N) is 1. The van der Waals surface area contributed by atoms with Crippen LogP contribution in [0.2, 0.25) is 0 Å². The highest BCUT2D eigenvalue weighted by Gasteiger charge is 2.19. The maximum absolute atomic E-state index is 11.3. The Morgan fingerprint density at radius 2 is 2.04 bits per heavy atom. The molecule has 2 heterocycles. The van der Waals surface area contributed by atoms with Crippen molar-refractivity contribution in [2.24, 2.45) is 5.73 Å². The molecule has 2 aromatic heterocycles. The minimum atomic E-state index is -0.469. The van der Waals surface area contributed by atoms with E-state index in [-0.39, 0.29) is 12.5 Å². The number of hydrogen-bond acceptors (Lipinski definition) is 5. The SMILES string of the molecule is COc1ccccc1Cn1nc(CC(N)=O)nc1-c1ccnn1C(C)C. The van der Waals surface area contributed by atoms with E-state index in [0.29, 0.717) is 18.2 Å². The van der Waals surface area contributed by atoms with Gasteiger partial charge < -0.3 is 10.5 Å². The molecule has 1 aromatic carbocycles. The molecule has 0 saturated heterocycles. The molecule has 3 aromatic rings. The van der Waals surface area contributed by atoms with Crippen molar-refractivity contribution in [2.75, 3.05) is 7.11 Å². The Kier molecular flexibility index (Phi) is 5.01. The van der Waals surface area contributed by atoms with Crippen molar-refractivity contribution in [3.63, 3.8) is 0 Å². The minimum absolute atomic E-state index is 0.0122. The number of methoxy groups -OCH3 is 1. The second-order valence-corrected chi connectivity index (χ2v) is 6.22. The molecule has 0 unspecified atom stereocenters. The van der Waals surface area contributed by atoms with Crippen molar-refractivity contribution in [2.45, 2.75) is 32.9 Å². The number of nitrogens with zero attached hydrogens (tertiary/aromatic N) is 5. The van der Waals surface area contributed by atoms with E-state index in [9.17, 15) is 4.79 Å². The quantitative estimate of drug-likeness (QED) is 0.697. The van der Waals surface area contributed by atoms with Gasteiger partial charge in [-0.1, -0.05) is 18.2 Å². The van der Waals surface area contributed by atoms with Gasteiger partial charge in [0.2, 0.25) is 5.91 Å². The van der Waals surface area contributed by atoms with E-state index in [1.54, 1.807) is 18.0 Å². The van der Waals surface area contributed by atoms with E-state index in [1.807, 2.05) is 48.9 Å². The van der Waals surface area contributed by atoms with E-state index in [2.05, 4.69) is 15.2 Å². The first kappa shape index (κ1) is 17.7. The molecule has 136 valence electrons. The molecule has 8 nitrogen and oxygen atoms in total. The highest BCUT2D eigenvalue weighted by molar-refractivity contribution is 5.75. The first-order valence-corrected chi connectivity index (χ1v) is 8.37. The molecular formula is C18H22N6O2. The molecule has 0 atom stereocenters. The molecule has 26 heavy (non-hydrogen) atoms. The third-order valence-electron chi connectivity index (χ3n) is 3.95. The van der Waals surface area contributed by atoms with Gasteiger partial charge >= 0.3 is 0 Å². The van der Waals surface area contributed by atoms with Crippen LogP contribution in [0.1, 0.15) is 31.3 Å². The zero-order chi connectivity index (χ0) is 18.7. The van der Waals surface area contributed by atoms with Crippen molar-refractivity contribution in [3.8, 4) is 17.3 Å². The van der Waals surface area contributed by atoms with Crippen molar-refractivity contribution < 1.29 is 9.53 Å². The van der Waals surface area contributed by atoms with Gasteiger partial charge in [-0.2, -0.15) is 10.2 Å². The van der Waals surface area contributed by atoms with Gasteiger partial charge in [-0.05, 0) is 26.0 Å². The third kappa shape index (κ3) is 3.58. The van der Waals surface area contributed by atoms with E-state index >= 15 is 0 Å². The topological polar surface area (TPSA) is 101 Å². The van der Waals surface area contributed by atoms with Crippen LogP contribution in [-0.2, 0) is 17.8 Å². The van der Waals surface area contributed by atoms with E-state index in [4.69, 9.17) is 10.5 Å². The van der Waals surface area contributed by atoms with Gasteiger partial charge in [0.1, 0.15) is 11.4 Å². The number of para-hydroxylation sites is 1. The highest BCUT2D eigenvalue weighted by Crippen LogP contribution is 2.24. The molecule has 0 spiro atoms. The summed E-state index contributed by atoms with van der Waals surface area (Å²) in [7, 11) is 1.63. The Bertz CT molecular complexity index is 912. The van der Waals surface area contributed by atoms with Gasteiger partial charge in [-0.15, -0.1) is 0 Å². The van der Waals surface area contributed by atoms with Crippen LogP contribution >= 0.6 is 0 Å². The summed E-state index contributed by atoms with van der Waals surface area (Å²) >= 11 is 0. The summed E-state index contributed by atoms with van der Waals surface area (Å²) in [5, 5.41) is 8.85. The fourth-order valence-corrected chi connectivity index (χ4v) is 2.82. The number of hydrogen-bond donors (Lipinski definition) is 1. The maximum Gasteiger partial charge on any atom is 0.225 e. The van der Waals surface area contributed by atoms with E-state index in [1.165, 1.54) is 0 Å². The van der Waals surface area contributed by atoms with Crippen LogP contribution in [0.4, 0.5) is 0 Å². The molecule has 0 bridgehead atoms. The third-order valence-corrected chi connectivity index (χ3v) is 3.95. The predicted octanol–water partition coefficient (Wildman–Crippen LogP) is 1.81. The van der Waals surface area contributed by atoms with Crippen LogP contribution in [0, 0.1) is 0 Å². The van der Waals surface area contributed by atoms with Crippen LogP contribution in [0.3, 0.4) is 0 Å². The van der Waals surface area contributed by atoms with Crippen LogP contribution in [0.5, 0.6) is 5.75 Å². The van der Waals surface area contributed by atoms with Crippen molar-refractivity contribution in [3.05, 3.63) is 47.9 Å². The summed E-state index contributed by atoms with van der Waals surface area (Å²) in [5.41, 5.74) is 7.11. The summed E-state index contributed by atoms with van der Waals surface area (Å²) in [6.45, 7) is 4.54. The summed E-state index contributed by atoms with van der Waals surface area (Å²) in [6, 6.07) is 9.77. The van der Waals surface area contributed by atoms with Crippen molar-refractivity contribution >= 4 is 5.91 Å². The number of benzene rings is 1. The molecule has 0 aliphatic carbocycles. The first-order valence-electron chi connectivity index (χ1n) is 8.37. The first-order chi connectivity index (χ1) is 12.5. The van der Waals surface area contributed by atoms with Gasteiger partial charge in [0.15, 0.2) is 11.6 Å². The molecule has 0 aliphatic rings. The Morgan fingerprint density at radius 1 is 1.27 bits per heavy atom. The lowest BCUT2D eigenvalue weighted by Crippen LogP contribution is -2.15. The number of ether oxygens (including phenoxy) is 1. The zero-order valence-corrected chi connectivity index (χ0v) is 15.1. The molecule has 2 N–H and O–H groups in total. The number of amides is 1. The lowest BCUT2D eigenvalue weighted by atomic mass is 10.2. The van der Waals surface area contributed by atoms with Gasteiger partial charge in [-0.3, -0.25) is 9.48 Å². The number of carbonyl (C=O) groups excluding carboxylic acids is 1. The Morgan fingerprint density at radius 3 is 2.73 bits per heavy atom. The molecule has 1 amide bonds. The van der Waals surface area contributed by atoms with Gasteiger partial charge in [0, 0.05) is 17.8 Å². The molecular weight excluding hydrogens is 332 g/mol. The molecule has 0 radical (unpaired) electrons. The van der Waals surface area contributed by atoms with E-state index < -0.39 is 5.91 Å². The fourth-order valence-electron chi connectivity index (χ4n) is 2.82. The predicted molar refractivity (Wildman–Crippen MR) is 96.6 cm³/mol. The lowest BCUT2D eigenvalue weighted by molar-refractivity contribution is -0.117. The minimum Gasteiger partial charge on any atom is -0.496 e. The molecule has 0 saturated carbocycles. The summed E-state index contributed by atoms with van der Waals surface area (Å²) in [6.07, 6.45) is 1.72. The number of primary amides is 1. The summed E-state index contributed by atoms with van der Waals surface area (Å²) in [4.78, 5) is 15.8. The molecule has 3 rings (SSSR count). The molecule has 0 fully saturated rings. The van der Waals surface area contributed by atoms with Gasteiger partial charge in [-0.25, -0.2) is 9.67 Å². The monoisotopic (exact) mass is 354 g/mol. The van der Waals surface area contributed by atoms with Gasteiger partial charge in [0.05, 0.1) is 20.1 Å². The second-order valence-electron chi connectivity index (χ2n) is 6.22. The van der Waals surface area contributed by atoms with Crippen LogP contribution in [0.25, 0.3) is 11.5 Å². The Balaban J connectivity index is 2.06. The van der Waals surface area contributed by atoms with Crippen molar-refractivity contribution in [1.82, 2.24) is 24.5 Å². The van der Waals surface area contributed by atoms with Crippen molar-refractivity contribution in [1.29, 1.82) is 0 Å². The Hall–Kier alpha value is -3.16. The summed E-state index contributed by atoms with van der Waals surface area (Å²) in [5.74, 6) is 1.32. The highest BCUT2D eigenvalue weighted by atomic mass is 16.5. The molecule has 0 aliphatic heterocycles. The smallest absolute Gasteiger partial charge is 0.225 e. The van der Waals surface area contributed by atoms with Crippen LogP contribution < -0.4 is 10.5 Å². The largest absolute Gasteiger partial charge is 0.496 e. The normalized spacial score (nSPS) is 11.1. The molecule has 8 heteroatoms. The number of carbonyl (C=O) groups is 1.